The molecule has 0 atom stereocenters. The Kier molecular flexibility index (Phi) is 3.15. The van der Waals surface area contributed by atoms with Gasteiger partial charge >= 0.3 is 0 Å². The number of methoxy groups -OCH3 is 1. The predicted molar refractivity (Wildman–Crippen MR) is 77.5 cm³/mol. The Morgan fingerprint density at radius 1 is 1.48 bits per heavy atom. The van der Waals surface area contributed by atoms with Gasteiger partial charge < -0.3 is 4.74 Å². The third-order valence-corrected chi connectivity index (χ3v) is 3.98. The number of ether oxygens (including phenoxy) is 1. The van der Waals surface area contributed by atoms with Gasteiger partial charge in [-0.05, 0) is 12.1 Å². The van der Waals surface area contributed by atoms with Crippen molar-refractivity contribution in [3.63, 3.8) is 0 Å². The third kappa shape index (κ3) is 2.15. The molecule has 0 saturated carbocycles. The predicted octanol–water partition coefficient (Wildman–Crippen LogP) is 2.82. The highest BCUT2D eigenvalue weighted by atomic mass is 32.1. The first-order valence-electron chi connectivity index (χ1n) is 5.90. The number of benzene rings is 1. The number of nitrogens with zero attached hydrogens (tertiary/aromatic N) is 3. The van der Waals surface area contributed by atoms with Gasteiger partial charge in [0.15, 0.2) is 16.9 Å². The summed E-state index contributed by atoms with van der Waals surface area (Å²) in [6, 6.07) is 6.38. The monoisotopic (exact) mass is 303 g/mol. The van der Waals surface area contributed by atoms with Crippen molar-refractivity contribution >= 4 is 33.5 Å². The van der Waals surface area contributed by atoms with E-state index in [1.807, 2.05) is 0 Å². The van der Waals surface area contributed by atoms with E-state index in [4.69, 9.17) is 4.74 Å². The maximum atomic E-state index is 11.2. The van der Waals surface area contributed by atoms with E-state index >= 15 is 0 Å². The zero-order chi connectivity index (χ0) is 15.0. The first-order chi connectivity index (χ1) is 10.1. The van der Waals surface area contributed by atoms with Crippen molar-refractivity contribution in [3.8, 4) is 10.9 Å². The number of aldehydes is 1. The fourth-order valence-electron chi connectivity index (χ4n) is 2.00. The molecule has 7 nitrogen and oxygen atoms in total. The molecular weight excluding hydrogens is 294 g/mol. The van der Waals surface area contributed by atoms with Crippen molar-refractivity contribution in [1.29, 1.82) is 0 Å². The van der Waals surface area contributed by atoms with E-state index in [1.165, 1.54) is 24.5 Å². The first-order valence-corrected chi connectivity index (χ1v) is 6.71. The lowest BCUT2D eigenvalue weighted by molar-refractivity contribution is -0.383. The molecule has 1 aromatic carbocycles. The molecule has 0 N–H and O–H groups in total. The SMILES string of the molecule is COc1cc([N+](=O)[O-])c2nc(-n3cccc3C=O)sc2c1. The van der Waals surface area contributed by atoms with E-state index in [-0.39, 0.29) is 11.2 Å². The summed E-state index contributed by atoms with van der Waals surface area (Å²) in [6.07, 6.45) is 2.39. The highest BCUT2D eigenvalue weighted by Crippen LogP contribution is 2.35. The topological polar surface area (TPSA) is 87.3 Å². The first kappa shape index (κ1) is 13.3. The zero-order valence-corrected chi connectivity index (χ0v) is 11.7. The van der Waals surface area contributed by atoms with Crippen LogP contribution in [0, 0.1) is 10.1 Å². The summed E-state index contributed by atoms with van der Waals surface area (Å²) in [4.78, 5) is 25.9. The van der Waals surface area contributed by atoms with E-state index in [0.717, 1.165) is 0 Å². The second-order valence-corrected chi connectivity index (χ2v) is 5.18. The van der Waals surface area contributed by atoms with Crippen LogP contribution >= 0.6 is 11.3 Å². The molecule has 0 unspecified atom stereocenters. The number of carbonyl (C=O) groups is 1. The van der Waals surface area contributed by atoms with Gasteiger partial charge in [0, 0.05) is 12.3 Å². The number of nitro groups is 1. The molecular formula is C13H9N3O4S. The molecule has 2 heterocycles. The van der Waals surface area contributed by atoms with Gasteiger partial charge in [0.05, 0.1) is 28.5 Å². The number of thiazole rings is 1. The van der Waals surface area contributed by atoms with Crippen molar-refractivity contribution in [2.45, 2.75) is 0 Å². The van der Waals surface area contributed by atoms with Crippen molar-refractivity contribution in [2.24, 2.45) is 0 Å². The number of hydrogen-bond donors (Lipinski definition) is 0. The molecule has 0 aliphatic carbocycles. The van der Waals surface area contributed by atoms with Gasteiger partial charge in [-0.1, -0.05) is 11.3 Å². The Balaban J connectivity index is 2.26. The molecule has 2 aromatic heterocycles. The van der Waals surface area contributed by atoms with Crippen LogP contribution in [-0.2, 0) is 0 Å². The summed E-state index contributed by atoms with van der Waals surface area (Å²) < 4.78 is 7.29. The van der Waals surface area contributed by atoms with Crippen LogP contribution in [0.5, 0.6) is 5.75 Å². The molecule has 21 heavy (non-hydrogen) atoms. The maximum absolute atomic E-state index is 11.2. The zero-order valence-electron chi connectivity index (χ0n) is 10.8. The molecule has 3 aromatic rings. The Morgan fingerprint density at radius 3 is 2.95 bits per heavy atom. The molecule has 8 heteroatoms. The second-order valence-electron chi connectivity index (χ2n) is 4.17. The fourth-order valence-corrected chi connectivity index (χ4v) is 3.02. The van der Waals surface area contributed by atoms with Gasteiger partial charge in [-0.25, -0.2) is 4.98 Å². The van der Waals surface area contributed by atoms with Crippen LogP contribution in [0.2, 0.25) is 0 Å². The average Bonchev–Trinajstić information content (AvgIpc) is 3.11. The summed E-state index contributed by atoms with van der Waals surface area (Å²) in [5.74, 6) is 0.396. The summed E-state index contributed by atoms with van der Waals surface area (Å²) in [6.45, 7) is 0. The lowest BCUT2D eigenvalue weighted by Crippen LogP contribution is -1.96. The molecule has 0 radical (unpaired) electrons. The average molecular weight is 303 g/mol. The maximum Gasteiger partial charge on any atom is 0.300 e. The van der Waals surface area contributed by atoms with Gasteiger partial charge in [-0.3, -0.25) is 19.5 Å². The minimum absolute atomic E-state index is 0.119. The van der Waals surface area contributed by atoms with Crippen LogP contribution in [0.1, 0.15) is 10.5 Å². The highest BCUT2D eigenvalue weighted by Gasteiger charge is 2.20. The number of non-ortho nitro benzene ring substituents is 1. The van der Waals surface area contributed by atoms with Gasteiger partial charge in [0.2, 0.25) is 0 Å². The molecule has 0 spiro atoms. The summed E-state index contributed by atoms with van der Waals surface area (Å²) in [7, 11) is 1.45. The van der Waals surface area contributed by atoms with E-state index in [9.17, 15) is 14.9 Å². The van der Waals surface area contributed by atoms with Gasteiger partial charge in [0.1, 0.15) is 5.75 Å². The van der Waals surface area contributed by atoms with Crippen molar-refractivity contribution in [3.05, 3.63) is 46.3 Å². The number of hydrogen-bond acceptors (Lipinski definition) is 6. The largest absolute Gasteiger partial charge is 0.496 e. The van der Waals surface area contributed by atoms with Crippen LogP contribution in [0.4, 0.5) is 5.69 Å². The molecule has 0 amide bonds. The van der Waals surface area contributed by atoms with Crippen LogP contribution in [-0.4, -0.2) is 27.9 Å². The Morgan fingerprint density at radius 2 is 2.29 bits per heavy atom. The number of carbonyl (C=O) groups excluding carboxylic acids is 1. The van der Waals surface area contributed by atoms with Gasteiger partial charge in [0.25, 0.3) is 5.69 Å². The molecule has 0 aliphatic heterocycles. The highest BCUT2D eigenvalue weighted by molar-refractivity contribution is 7.20. The van der Waals surface area contributed by atoms with Crippen LogP contribution in [0.25, 0.3) is 15.3 Å². The quantitative estimate of drug-likeness (QED) is 0.420. The Hall–Kier alpha value is -2.74. The lowest BCUT2D eigenvalue weighted by Gasteiger charge is -1.99. The minimum Gasteiger partial charge on any atom is -0.496 e. The van der Waals surface area contributed by atoms with Gasteiger partial charge in [-0.15, -0.1) is 0 Å². The third-order valence-electron chi connectivity index (χ3n) is 2.98. The van der Waals surface area contributed by atoms with Crippen molar-refractivity contribution in [2.75, 3.05) is 7.11 Å². The number of nitro benzene ring substituents is 1. The molecule has 0 aliphatic rings. The fraction of sp³-hybridized carbons (Fsp3) is 0.0769. The van der Waals surface area contributed by atoms with E-state index in [1.54, 1.807) is 29.0 Å². The Bertz CT molecular complexity index is 852. The molecule has 0 saturated heterocycles. The second kappa shape index (κ2) is 4.98. The summed E-state index contributed by atoms with van der Waals surface area (Å²) in [5, 5.41) is 11.6. The van der Waals surface area contributed by atoms with Crippen molar-refractivity contribution in [1.82, 2.24) is 9.55 Å². The smallest absolute Gasteiger partial charge is 0.300 e. The summed E-state index contributed by atoms with van der Waals surface area (Å²) in [5.41, 5.74) is 0.599. The molecule has 0 fully saturated rings. The van der Waals surface area contributed by atoms with E-state index in [0.29, 0.717) is 27.6 Å². The van der Waals surface area contributed by atoms with Crippen LogP contribution in [0.3, 0.4) is 0 Å². The number of fused-ring (bicyclic) bond motifs is 1. The van der Waals surface area contributed by atoms with E-state index < -0.39 is 4.92 Å². The number of rotatable bonds is 4. The Labute approximate surface area is 122 Å². The molecule has 106 valence electrons. The van der Waals surface area contributed by atoms with E-state index in [2.05, 4.69) is 4.98 Å². The molecule has 0 bridgehead atoms. The molecule has 3 rings (SSSR count). The lowest BCUT2D eigenvalue weighted by atomic mass is 10.3. The van der Waals surface area contributed by atoms with Crippen LogP contribution in [0.15, 0.2) is 30.5 Å². The summed E-state index contributed by atoms with van der Waals surface area (Å²) >= 11 is 1.25. The van der Waals surface area contributed by atoms with Gasteiger partial charge in [-0.2, -0.15) is 0 Å². The van der Waals surface area contributed by atoms with Crippen molar-refractivity contribution < 1.29 is 14.5 Å². The normalized spacial score (nSPS) is 10.7. The van der Waals surface area contributed by atoms with Crippen LogP contribution < -0.4 is 4.74 Å². The number of aromatic nitrogens is 2. The minimum atomic E-state index is -0.495. The standard InChI is InChI=1S/C13H9N3O4S/c1-20-9-5-10(16(18)19)12-11(6-9)21-13(14-12)15-4-2-3-8(15)7-17/h2-7H,1H3.